The minimum atomic E-state index is -0.793. The highest BCUT2D eigenvalue weighted by Gasteiger charge is 2.26. The van der Waals surface area contributed by atoms with Crippen LogP contribution in [0.3, 0.4) is 0 Å². The monoisotopic (exact) mass is 331 g/mol. The summed E-state index contributed by atoms with van der Waals surface area (Å²) in [4.78, 5) is 13.1. The molecule has 2 aromatic rings. The maximum absolute atomic E-state index is 13.7. The number of carbonyl (C=O) groups is 1. The Kier molecular flexibility index (Phi) is 4.79. The molecule has 0 spiro atoms. The van der Waals surface area contributed by atoms with Crippen molar-refractivity contribution < 1.29 is 18.7 Å². The summed E-state index contributed by atoms with van der Waals surface area (Å²) in [5.41, 5.74) is 1.84. The molecule has 0 amide bonds. The molecule has 2 aromatic carbocycles. The molecule has 24 heavy (non-hydrogen) atoms. The van der Waals surface area contributed by atoms with Gasteiger partial charge in [0.25, 0.3) is 0 Å². The molecular weight excluding hydrogens is 312 g/mol. The van der Waals surface area contributed by atoms with Gasteiger partial charge >= 0.3 is 5.97 Å². The second kappa shape index (κ2) is 6.99. The number of hydrogen-bond donors (Lipinski definition) is 1. The quantitative estimate of drug-likeness (QED) is 0.900. The van der Waals surface area contributed by atoms with Crippen LogP contribution in [-0.2, 0) is 11.2 Å². The van der Waals surface area contributed by atoms with Crippen LogP contribution in [0, 0.1) is 11.6 Å². The second-order valence-corrected chi connectivity index (χ2v) is 6.13. The lowest BCUT2D eigenvalue weighted by atomic mass is 10.0. The second-order valence-electron chi connectivity index (χ2n) is 6.13. The molecule has 0 radical (unpaired) electrons. The van der Waals surface area contributed by atoms with Crippen molar-refractivity contribution in [1.29, 1.82) is 0 Å². The highest BCUT2D eigenvalue weighted by Crippen LogP contribution is 2.28. The van der Waals surface area contributed by atoms with Gasteiger partial charge in [0.15, 0.2) is 0 Å². The van der Waals surface area contributed by atoms with E-state index in [9.17, 15) is 13.6 Å². The fraction of sp³-hybridized carbons (Fsp3) is 0.316. The van der Waals surface area contributed by atoms with Gasteiger partial charge in [0.1, 0.15) is 11.6 Å². The molecule has 1 atom stereocenters. The summed E-state index contributed by atoms with van der Waals surface area (Å²) in [6.07, 6.45) is 2.16. The topological polar surface area (TPSA) is 40.5 Å². The van der Waals surface area contributed by atoms with Gasteiger partial charge in [0.05, 0.1) is 6.42 Å². The summed E-state index contributed by atoms with van der Waals surface area (Å²) in [5, 5.41) is 9.00. The molecule has 3 rings (SSSR count). The normalized spacial score (nSPS) is 17.2. The summed E-state index contributed by atoms with van der Waals surface area (Å²) in [7, 11) is 0. The van der Waals surface area contributed by atoms with Crippen LogP contribution in [0.15, 0.2) is 42.5 Å². The summed E-state index contributed by atoms with van der Waals surface area (Å²) >= 11 is 0. The molecule has 0 aromatic heterocycles. The molecule has 1 saturated heterocycles. The van der Waals surface area contributed by atoms with Crippen molar-refractivity contribution >= 4 is 11.7 Å². The lowest BCUT2D eigenvalue weighted by molar-refractivity contribution is -0.137. The first-order chi connectivity index (χ1) is 11.5. The largest absolute Gasteiger partial charge is 0.481 e. The van der Waals surface area contributed by atoms with Gasteiger partial charge in [0, 0.05) is 30.3 Å². The van der Waals surface area contributed by atoms with Gasteiger partial charge in [-0.3, -0.25) is 4.79 Å². The number of nitrogens with zero attached hydrogens (tertiary/aromatic N) is 1. The van der Waals surface area contributed by atoms with Crippen molar-refractivity contribution in [2.75, 3.05) is 11.4 Å². The number of rotatable bonds is 5. The molecule has 0 unspecified atom stereocenters. The number of carboxylic acids is 1. The van der Waals surface area contributed by atoms with Crippen LogP contribution in [0.5, 0.6) is 0 Å². The van der Waals surface area contributed by atoms with E-state index < -0.39 is 17.6 Å². The van der Waals surface area contributed by atoms with Gasteiger partial charge in [-0.05, 0) is 42.7 Å². The summed E-state index contributed by atoms with van der Waals surface area (Å²) < 4.78 is 27.5. The smallest absolute Gasteiger partial charge is 0.305 e. The molecule has 1 heterocycles. The first-order valence-electron chi connectivity index (χ1n) is 8.05. The van der Waals surface area contributed by atoms with Crippen LogP contribution in [0.4, 0.5) is 14.5 Å². The minimum absolute atomic E-state index is 0.0114. The first kappa shape index (κ1) is 16.4. The van der Waals surface area contributed by atoms with Crippen LogP contribution in [0.25, 0.3) is 0 Å². The van der Waals surface area contributed by atoms with Crippen LogP contribution in [0.1, 0.15) is 30.4 Å². The average molecular weight is 331 g/mol. The first-order valence-corrected chi connectivity index (χ1v) is 8.05. The van der Waals surface area contributed by atoms with Crippen molar-refractivity contribution in [2.45, 2.75) is 31.7 Å². The molecule has 1 aliphatic rings. The molecular formula is C19H19F2NO2. The maximum atomic E-state index is 13.7. The zero-order valence-corrected chi connectivity index (χ0v) is 13.2. The molecule has 1 N–H and O–H groups in total. The Bertz CT molecular complexity index is 710. The summed E-state index contributed by atoms with van der Waals surface area (Å²) in [6, 6.07) is 11.4. The Balaban J connectivity index is 1.75. The molecule has 0 saturated carbocycles. The zero-order valence-electron chi connectivity index (χ0n) is 13.2. The standard InChI is InChI=1S/C19H19F2NO2/c20-17-4-1-5-18(21)16(17)11-13-6-8-14(9-7-13)22-10-2-3-15(22)12-19(23)24/h1,4-9,15H,2-3,10-12H2,(H,23,24)/t15-/m0/s1. The number of halogens is 2. The summed E-state index contributed by atoms with van der Waals surface area (Å²) in [6.45, 7) is 0.833. The van der Waals surface area contributed by atoms with Crippen LogP contribution in [0.2, 0.25) is 0 Å². The van der Waals surface area contributed by atoms with Crippen molar-refractivity contribution in [2.24, 2.45) is 0 Å². The van der Waals surface area contributed by atoms with Gasteiger partial charge in [-0.15, -0.1) is 0 Å². The van der Waals surface area contributed by atoms with Gasteiger partial charge in [-0.1, -0.05) is 18.2 Å². The van der Waals surface area contributed by atoms with E-state index in [1.54, 1.807) is 0 Å². The number of hydrogen-bond acceptors (Lipinski definition) is 2. The number of anilines is 1. The highest BCUT2D eigenvalue weighted by atomic mass is 19.1. The minimum Gasteiger partial charge on any atom is -0.481 e. The molecule has 1 fully saturated rings. The molecule has 3 nitrogen and oxygen atoms in total. The fourth-order valence-corrected chi connectivity index (χ4v) is 3.30. The average Bonchev–Trinajstić information content (AvgIpc) is 2.99. The third-order valence-corrected chi connectivity index (χ3v) is 4.50. The van der Waals surface area contributed by atoms with Crippen LogP contribution in [-0.4, -0.2) is 23.7 Å². The molecule has 0 aliphatic carbocycles. The van der Waals surface area contributed by atoms with E-state index in [-0.39, 0.29) is 24.4 Å². The Morgan fingerprint density at radius 3 is 2.42 bits per heavy atom. The van der Waals surface area contributed by atoms with Crippen molar-refractivity contribution in [3.63, 3.8) is 0 Å². The highest BCUT2D eigenvalue weighted by molar-refractivity contribution is 5.69. The van der Waals surface area contributed by atoms with Gasteiger partial charge in [-0.25, -0.2) is 8.78 Å². The SMILES string of the molecule is O=C(O)C[C@@H]1CCCN1c1ccc(Cc2c(F)cccc2F)cc1. The van der Waals surface area contributed by atoms with Gasteiger partial charge < -0.3 is 10.0 Å². The van der Waals surface area contributed by atoms with E-state index in [1.165, 1.54) is 18.2 Å². The fourth-order valence-electron chi connectivity index (χ4n) is 3.30. The molecule has 5 heteroatoms. The van der Waals surface area contributed by atoms with Gasteiger partial charge in [0.2, 0.25) is 0 Å². The lowest BCUT2D eigenvalue weighted by Gasteiger charge is -2.26. The lowest BCUT2D eigenvalue weighted by Crippen LogP contribution is -2.31. The van der Waals surface area contributed by atoms with E-state index >= 15 is 0 Å². The van der Waals surface area contributed by atoms with Crippen molar-refractivity contribution in [3.05, 3.63) is 65.2 Å². The Morgan fingerprint density at radius 2 is 1.79 bits per heavy atom. The number of carboxylic acid groups (broad SMARTS) is 1. The van der Waals surface area contributed by atoms with E-state index in [0.29, 0.717) is 0 Å². The molecule has 0 bridgehead atoms. The predicted molar refractivity (Wildman–Crippen MR) is 88.2 cm³/mol. The van der Waals surface area contributed by atoms with Crippen molar-refractivity contribution in [1.82, 2.24) is 0 Å². The molecule has 1 aliphatic heterocycles. The number of aliphatic carboxylic acids is 1. The zero-order chi connectivity index (χ0) is 17.1. The third-order valence-electron chi connectivity index (χ3n) is 4.50. The van der Waals surface area contributed by atoms with Crippen LogP contribution >= 0.6 is 0 Å². The van der Waals surface area contributed by atoms with Crippen molar-refractivity contribution in [3.8, 4) is 0 Å². The summed E-state index contributed by atoms with van der Waals surface area (Å²) in [5.74, 6) is -1.88. The van der Waals surface area contributed by atoms with E-state index in [4.69, 9.17) is 5.11 Å². The van der Waals surface area contributed by atoms with Gasteiger partial charge in [-0.2, -0.15) is 0 Å². The third kappa shape index (κ3) is 3.55. The predicted octanol–water partition coefficient (Wildman–Crippen LogP) is 4.00. The molecule has 126 valence electrons. The Hall–Kier alpha value is -2.43. The van der Waals surface area contributed by atoms with E-state index in [2.05, 4.69) is 4.90 Å². The number of benzene rings is 2. The Labute approximate surface area is 139 Å². The van der Waals surface area contributed by atoms with E-state index in [1.807, 2.05) is 24.3 Å². The van der Waals surface area contributed by atoms with E-state index in [0.717, 1.165) is 30.6 Å². The van der Waals surface area contributed by atoms with Crippen LogP contribution < -0.4 is 4.90 Å². The Morgan fingerprint density at radius 1 is 1.12 bits per heavy atom. The maximum Gasteiger partial charge on any atom is 0.305 e.